The summed E-state index contributed by atoms with van der Waals surface area (Å²) in [5, 5.41) is 3.20. The van der Waals surface area contributed by atoms with E-state index in [9.17, 15) is 14.0 Å². The van der Waals surface area contributed by atoms with Crippen molar-refractivity contribution in [1.82, 2.24) is 15.3 Å². The van der Waals surface area contributed by atoms with E-state index < -0.39 is 5.82 Å². The van der Waals surface area contributed by atoms with Crippen LogP contribution in [0.5, 0.6) is 0 Å². The highest BCUT2D eigenvalue weighted by Crippen LogP contribution is 2.35. The number of anilines is 1. The number of rotatable bonds is 7. The van der Waals surface area contributed by atoms with Crippen LogP contribution < -0.4 is 10.2 Å². The summed E-state index contributed by atoms with van der Waals surface area (Å²) in [5.74, 6) is -0.258. The number of hydrogen-bond acceptors (Lipinski definition) is 4. The first kappa shape index (κ1) is 21.9. The molecule has 164 valence electrons. The van der Waals surface area contributed by atoms with Crippen LogP contribution in [0.1, 0.15) is 35.7 Å². The number of hydrogen-bond donors (Lipinski definition) is 1. The standard InChI is InChI=1S/C24H22ClFN4O2/c1-15(31)30(14-16-2-3-16)23-7-5-18(9-21(23)25)22-6-4-19(12-28-22)24(32)29-11-17-8-20(26)13-27-10-17/h4-10,12-13,16H,2-3,11,14H2,1H3,(H,29,32). The highest BCUT2D eigenvalue weighted by atomic mass is 35.5. The smallest absolute Gasteiger partial charge is 0.253 e. The van der Waals surface area contributed by atoms with Gasteiger partial charge < -0.3 is 10.2 Å². The molecule has 0 atom stereocenters. The molecule has 6 nitrogen and oxygen atoms in total. The van der Waals surface area contributed by atoms with E-state index in [1.54, 1.807) is 30.0 Å². The van der Waals surface area contributed by atoms with E-state index in [2.05, 4.69) is 15.3 Å². The summed E-state index contributed by atoms with van der Waals surface area (Å²) >= 11 is 6.50. The van der Waals surface area contributed by atoms with Gasteiger partial charge in [0, 0.05) is 38.0 Å². The van der Waals surface area contributed by atoms with Gasteiger partial charge in [0.1, 0.15) is 5.82 Å². The Morgan fingerprint density at radius 2 is 1.97 bits per heavy atom. The van der Waals surface area contributed by atoms with Crippen LogP contribution in [0.15, 0.2) is 55.0 Å². The Balaban J connectivity index is 1.44. The number of aromatic nitrogens is 2. The quantitative estimate of drug-likeness (QED) is 0.567. The second-order valence-electron chi connectivity index (χ2n) is 7.87. The van der Waals surface area contributed by atoms with Crippen molar-refractivity contribution in [3.63, 3.8) is 0 Å². The van der Waals surface area contributed by atoms with Gasteiger partial charge in [-0.3, -0.25) is 19.6 Å². The third kappa shape index (κ3) is 5.29. The van der Waals surface area contributed by atoms with Crippen LogP contribution in [-0.2, 0) is 11.3 Å². The van der Waals surface area contributed by atoms with Crippen LogP contribution in [0.3, 0.4) is 0 Å². The third-order valence-electron chi connectivity index (χ3n) is 5.29. The first-order valence-corrected chi connectivity index (χ1v) is 10.7. The molecule has 0 saturated heterocycles. The van der Waals surface area contributed by atoms with Crippen LogP contribution in [-0.4, -0.2) is 28.3 Å². The molecule has 1 saturated carbocycles. The molecule has 0 spiro atoms. The average Bonchev–Trinajstić information content (AvgIpc) is 3.60. The average molecular weight is 453 g/mol. The predicted molar refractivity (Wildman–Crippen MR) is 121 cm³/mol. The maximum Gasteiger partial charge on any atom is 0.253 e. The lowest BCUT2D eigenvalue weighted by Gasteiger charge is -2.22. The summed E-state index contributed by atoms with van der Waals surface area (Å²) in [7, 11) is 0. The van der Waals surface area contributed by atoms with Gasteiger partial charge in [0.05, 0.1) is 28.2 Å². The summed E-state index contributed by atoms with van der Waals surface area (Å²) in [6.07, 6.45) is 6.36. The largest absolute Gasteiger partial charge is 0.348 e. The topological polar surface area (TPSA) is 75.2 Å². The number of nitrogens with zero attached hydrogens (tertiary/aromatic N) is 3. The lowest BCUT2D eigenvalue weighted by atomic mass is 10.1. The summed E-state index contributed by atoms with van der Waals surface area (Å²) in [6, 6.07) is 10.2. The van der Waals surface area contributed by atoms with Gasteiger partial charge in [-0.2, -0.15) is 0 Å². The van der Waals surface area contributed by atoms with Crippen LogP contribution >= 0.6 is 11.6 Å². The summed E-state index contributed by atoms with van der Waals surface area (Å²) in [6.45, 7) is 2.39. The second kappa shape index (κ2) is 9.44. The molecule has 32 heavy (non-hydrogen) atoms. The summed E-state index contributed by atoms with van der Waals surface area (Å²) < 4.78 is 13.2. The van der Waals surface area contributed by atoms with Gasteiger partial charge in [-0.05, 0) is 54.7 Å². The van der Waals surface area contributed by atoms with Crippen molar-refractivity contribution in [2.24, 2.45) is 5.92 Å². The van der Waals surface area contributed by atoms with Crippen molar-refractivity contribution in [3.05, 3.63) is 77.0 Å². The molecule has 1 fully saturated rings. The van der Waals surface area contributed by atoms with Gasteiger partial charge in [-0.15, -0.1) is 0 Å². The van der Waals surface area contributed by atoms with Crippen molar-refractivity contribution in [2.75, 3.05) is 11.4 Å². The Bertz CT molecular complexity index is 1150. The number of nitrogens with one attached hydrogen (secondary N) is 1. The highest BCUT2D eigenvalue weighted by Gasteiger charge is 2.27. The zero-order valence-electron chi connectivity index (χ0n) is 17.5. The minimum atomic E-state index is -0.452. The fourth-order valence-electron chi connectivity index (χ4n) is 3.38. The lowest BCUT2D eigenvalue weighted by molar-refractivity contribution is -0.116. The van der Waals surface area contributed by atoms with Crippen molar-refractivity contribution in [2.45, 2.75) is 26.3 Å². The van der Waals surface area contributed by atoms with E-state index in [1.165, 1.54) is 18.5 Å². The Hall–Kier alpha value is -3.32. The third-order valence-corrected chi connectivity index (χ3v) is 5.60. The molecular weight excluding hydrogens is 431 g/mol. The maximum absolute atomic E-state index is 13.2. The predicted octanol–water partition coefficient (Wildman–Crippen LogP) is 4.63. The Kier molecular flexibility index (Phi) is 6.46. The zero-order chi connectivity index (χ0) is 22.7. The van der Waals surface area contributed by atoms with Crippen molar-refractivity contribution >= 4 is 29.1 Å². The molecule has 2 aromatic heterocycles. The molecule has 2 amide bonds. The number of halogens is 2. The minimum absolute atomic E-state index is 0.0333. The highest BCUT2D eigenvalue weighted by molar-refractivity contribution is 6.34. The van der Waals surface area contributed by atoms with Gasteiger partial charge in [-0.1, -0.05) is 17.7 Å². The molecule has 1 aromatic carbocycles. The number of amides is 2. The van der Waals surface area contributed by atoms with Crippen LogP contribution in [0.4, 0.5) is 10.1 Å². The molecule has 0 bridgehead atoms. The number of carbonyl (C=O) groups is 2. The molecule has 3 aromatic rings. The van der Waals surface area contributed by atoms with Gasteiger partial charge in [0.15, 0.2) is 0 Å². The molecule has 2 heterocycles. The van der Waals surface area contributed by atoms with E-state index in [0.717, 1.165) is 24.6 Å². The Labute approximate surface area is 190 Å². The van der Waals surface area contributed by atoms with E-state index in [4.69, 9.17) is 11.6 Å². The first-order valence-electron chi connectivity index (χ1n) is 10.3. The van der Waals surface area contributed by atoms with E-state index in [-0.39, 0.29) is 18.4 Å². The van der Waals surface area contributed by atoms with Crippen LogP contribution in [0.25, 0.3) is 11.3 Å². The first-order chi connectivity index (χ1) is 15.4. The lowest BCUT2D eigenvalue weighted by Crippen LogP contribution is -2.30. The number of pyridine rings is 2. The minimum Gasteiger partial charge on any atom is -0.348 e. The fraction of sp³-hybridized carbons (Fsp3) is 0.250. The van der Waals surface area contributed by atoms with Crippen LogP contribution in [0, 0.1) is 11.7 Å². The monoisotopic (exact) mass is 452 g/mol. The SMILES string of the molecule is CC(=O)N(CC1CC1)c1ccc(-c2ccc(C(=O)NCc3cncc(F)c3)cn2)cc1Cl. The molecule has 0 radical (unpaired) electrons. The van der Waals surface area contributed by atoms with Gasteiger partial charge in [-0.25, -0.2) is 4.39 Å². The number of carbonyl (C=O) groups excluding carboxylic acids is 2. The van der Waals surface area contributed by atoms with E-state index in [1.807, 2.05) is 12.1 Å². The molecule has 8 heteroatoms. The van der Waals surface area contributed by atoms with E-state index in [0.29, 0.717) is 40.0 Å². The second-order valence-corrected chi connectivity index (χ2v) is 8.27. The van der Waals surface area contributed by atoms with Gasteiger partial charge >= 0.3 is 0 Å². The van der Waals surface area contributed by atoms with E-state index >= 15 is 0 Å². The maximum atomic E-state index is 13.2. The van der Waals surface area contributed by atoms with Crippen molar-refractivity contribution < 1.29 is 14.0 Å². The molecule has 1 aliphatic rings. The van der Waals surface area contributed by atoms with Crippen LogP contribution in [0.2, 0.25) is 5.02 Å². The Morgan fingerprint density at radius 3 is 2.59 bits per heavy atom. The summed E-state index contributed by atoms with van der Waals surface area (Å²) in [4.78, 5) is 34.3. The molecule has 4 rings (SSSR count). The van der Waals surface area contributed by atoms with Crippen molar-refractivity contribution in [1.29, 1.82) is 0 Å². The molecule has 0 aliphatic heterocycles. The van der Waals surface area contributed by atoms with Crippen molar-refractivity contribution in [3.8, 4) is 11.3 Å². The Morgan fingerprint density at radius 1 is 1.16 bits per heavy atom. The number of benzene rings is 1. The zero-order valence-corrected chi connectivity index (χ0v) is 18.3. The molecule has 1 aliphatic carbocycles. The summed E-state index contributed by atoms with van der Waals surface area (Å²) in [5.41, 5.74) is 3.08. The van der Waals surface area contributed by atoms with Gasteiger partial charge in [0.2, 0.25) is 5.91 Å². The van der Waals surface area contributed by atoms with Gasteiger partial charge in [0.25, 0.3) is 5.91 Å². The molecule has 0 unspecified atom stereocenters. The molecule has 1 N–H and O–H groups in total. The normalized spacial score (nSPS) is 13.0. The fourth-order valence-corrected chi connectivity index (χ4v) is 3.66. The molecular formula is C24H22ClFN4O2.